The van der Waals surface area contributed by atoms with Gasteiger partial charge in [0.2, 0.25) is 0 Å². The van der Waals surface area contributed by atoms with Gasteiger partial charge in [0.25, 0.3) is 0 Å². The fourth-order valence-electron chi connectivity index (χ4n) is 3.80. The van der Waals surface area contributed by atoms with Crippen LogP contribution in [0, 0.1) is 0 Å². The van der Waals surface area contributed by atoms with Crippen LogP contribution in [0.25, 0.3) is 33.4 Å². The van der Waals surface area contributed by atoms with Gasteiger partial charge in [0.15, 0.2) is 0 Å². The SMILES string of the molecule is CCCCc1ccc(-c2cc(N)ccc2-c2ccc(-c3ccc(N)cc3)cc2)cc1. The first kappa shape index (κ1) is 19.8. The Morgan fingerprint density at radius 1 is 0.533 bits per heavy atom. The summed E-state index contributed by atoms with van der Waals surface area (Å²) in [5, 5.41) is 0. The van der Waals surface area contributed by atoms with Gasteiger partial charge in [-0.1, -0.05) is 80.1 Å². The van der Waals surface area contributed by atoms with Crippen molar-refractivity contribution >= 4 is 11.4 Å². The van der Waals surface area contributed by atoms with Crippen molar-refractivity contribution in [2.45, 2.75) is 26.2 Å². The van der Waals surface area contributed by atoms with Gasteiger partial charge in [-0.2, -0.15) is 0 Å². The van der Waals surface area contributed by atoms with Crippen LogP contribution in [0.3, 0.4) is 0 Å². The summed E-state index contributed by atoms with van der Waals surface area (Å²) in [5.41, 5.74) is 22.0. The van der Waals surface area contributed by atoms with Crippen molar-refractivity contribution in [2.24, 2.45) is 0 Å². The number of nitrogen functional groups attached to an aromatic ring is 2. The van der Waals surface area contributed by atoms with Gasteiger partial charge in [-0.05, 0) is 76.1 Å². The van der Waals surface area contributed by atoms with E-state index in [1.165, 1.54) is 40.7 Å². The van der Waals surface area contributed by atoms with Crippen molar-refractivity contribution in [3.63, 3.8) is 0 Å². The largest absolute Gasteiger partial charge is 0.399 e. The maximum absolute atomic E-state index is 6.14. The highest BCUT2D eigenvalue weighted by Crippen LogP contribution is 2.35. The summed E-state index contributed by atoms with van der Waals surface area (Å²) in [7, 11) is 0. The van der Waals surface area contributed by atoms with Crippen LogP contribution in [-0.4, -0.2) is 0 Å². The number of aryl methyl sites for hydroxylation is 1. The normalized spacial score (nSPS) is 10.8. The molecular formula is C28H28N2. The van der Waals surface area contributed by atoms with Crippen LogP contribution in [0.1, 0.15) is 25.3 Å². The fourth-order valence-corrected chi connectivity index (χ4v) is 3.80. The highest BCUT2D eigenvalue weighted by Gasteiger charge is 2.09. The third-order valence-corrected chi connectivity index (χ3v) is 5.57. The smallest absolute Gasteiger partial charge is 0.0320 e. The molecule has 4 rings (SSSR count). The van der Waals surface area contributed by atoms with Gasteiger partial charge in [0, 0.05) is 11.4 Å². The zero-order valence-electron chi connectivity index (χ0n) is 17.4. The van der Waals surface area contributed by atoms with Gasteiger partial charge in [0.05, 0.1) is 0 Å². The summed E-state index contributed by atoms with van der Waals surface area (Å²) in [4.78, 5) is 0. The highest BCUT2D eigenvalue weighted by molar-refractivity contribution is 5.86. The van der Waals surface area contributed by atoms with E-state index in [9.17, 15) is 0 Å². The Hall–Kier alpha value is -3.52. The number of benzene rings is 4. The number of hydrogen-bond donors (Lipinski definition) is 2. The molecular weight excluding hydrogens is 364 g/mol. The zero-order chi connectivity index (χ0) is 20.9. The summed E-state index contributed by atoms with van der Waals surface area (Å²) in [5.74, 6) is 0. The van der Waals surface area contributed by atoms with E-state index >= 15 is 0 Å². The molecule has 0 aliphatic heterocycles. The second-order valence-electron chi connectivity index (χ2n) is 7.80. The molecule has 0 bridgehead atoms. The lowest BCUT2D eigenvalue weighted by Crippen LogP contribution is -1.91. The number of hydrogen-bond acceptors (Lipinski definition) is 2. The molecule has 4 aromatic carbocycles. The van der Waals surface area contributed by atoms with Crippen LogP contribution >= 0.6 is 0 Å². The Morgan fingerprint density at radius 3 is 1.67 bits per heavy atom. The first-order chi connectivity index (χ1) is 14.6. The lowest BCUT2D eigenvalue weighted by molar-refractivity contribution is 0.795. The van der Waals surface area contributed by atoms with Crippen LogP contribution in [0.5, 0.6) is 0 Å². The lowest BCUT2D eigenvalue weighted by Gasteiger charge is -2.13. The first-order valence-corrected chi connectivity index (χ1v) is 10.6. The van der Waals surface area contributed by atoms with E-state index in [0.29, 0.717) is 0 Å². The average Bonchev–Trinajstić information content (AvgIpc) is 2.79. The summed E-state index contributed by atoms with van der Waals surface area (Å²) >= 11 is 0. The topological polar surface area (TPSA) is 52.0 Å². The molecule has 4 N–H and O–H groups in total. The summed E-state index contributed by atoms with van der Waals surface area (Å²) in [6.07, 6.45) is 3.57. The Bertz CT molecular complexity index is 1110. The predicted molar refractivity (Wildman–Crippen MR) is 130 cm³/mol. The molecule has 2 heteroatoms. The van der Waals surface area contributed by atoms with Crippen LogP contribution in [0.15, 0.2) is 91.0 Å². The minimum Gasteiger partial charge on any atom is -0.399 e. The molecule has 0 atom stereocenters. The van der Waals surface area contributed by atoms with Gasteiger partial charge in [-0.25, -0.2) is 0 Å². The fraction of sp³-hybridized carbons (Fsp3) is 0.143. The quantitative estimate of drug-likeness (QED) is 0.341. The van der Waals surface area contributed by atoms with Gasteiger partial charge < -0.3 is 11.5 Å². The molecule has 2 nitrogen and oxygen atoms in total. The van der Waals surface area contributed by atoms with Crippen LogP contribution in [0.4, 0.5) is 11.4 Å². The molecule has 0 aromatic heterocycles. The van der Waals surface area contributed by atoms with Crippen LogP contribution < -0.4 is 11.5 Å². The van der Waals surface area contributed by atoms with E-state index in [1.807, 2.05) is 18.2 Å². The third kappa shape index (κ3) is 4.38. The monoisotopic (exact) mass is 392 g/mol. The van der Waals surface area contributed by atoms with Gasteiger partial charge >= 0.3 is 0 Å². The third-order valence-electron chi connectivity index (χ3n) is 5.57. The summed E-state index contributed by atoms with van der Waals surface area (Å²) in [6, 6.07) is 31.7. The second kappa shape index (κ2) is 8.87. The molecule has 0 heterocycles. The van der Waals surface area contributed by atoms with Crippen molar-refractivity contribution in [3.8, 4) is 33.4 Å². The van der Waals surface area contributed by atoms with Crippen LogP contribution in [0.2, 0.25) is 0 Å². The summed E-state index contributed by atoms with van der Waals surface area (Å²) < 4.78 is 0. The molecule has 0 saturated heterocycles. The van der Waals surface area contributed by atoms with E-state index in [0.717, 1.165) is 28.9 Å². The van der Waals surface area contributed by atoms with Crippen molar-refractivity contribution in [1.29, 1.82) is 0 Å². The Balaban J connectivity index is 1.67. The van der Waals surface area contributed by atoms with E-state index in [4.69, 9.17) is 11.5 Å². The molecule has 0 radical (unpaired) electrons. The van der Waals surface area contributed by atoms with Gasteiger partial charge in [0.1, 0.15) is 0 Å². The molecule has 150 valence electrons. The number of rotatable bonds is 6. The van der Waals surface area contributed by atoms with Gasteiger partial charge in [-0.3, -0.25) is 0 Å². The molecule has 0 fully saturated rings. The number of nitrogens with two attached hydrogens (primary N) is 2. The molecule has 4 aromatic rings. The molecule has 0 aliphatic rings. The highest BCUT2D eigenvalue weighted by atomic mass is 14.5. The Labute approximate surface area is 179 Å². The first-order valence-electron chi connectivity index (χ1n) is 10.6. The lowest BCUT2D eigenvalue weighted by atomic mass is 9.92. The standard InChI is InChI=1S/C28H28N2/c1-2-3-4-20-5-7-24(8-6-20)28-19-26(30)17-18-27(28)23-11-9-21(10-12-23)22-13-15-25(29)16-14-22/h5-19H,2-4,29-30H2,1H3. The minimum atomic E-state index is 0.780. The van der Waals surface area contributed by atoms with Crippen LogP contribution in [-0.2, 0) is 6.42 Å². The molecule has 0 saturated carbocycles. The molecule has 0 unspecified atom stereocenters. The number of anilines is 2. The second-order valence-corrected chi connectivity index (χ2v) is 7.80. The van der Waals surface area contributed by atoms with E-state index in [-0.39, 0.29) is 0 Å². The Kier molecular flexibility index (Phi) is 5.85. The van der Waals surface area contributed by atoms with Crippen molar-refractivity contribution in [2.75, 3.05) is 11.5 Å². The molecule has 0 spiro atoms. The summed E-state index contributed by atoms with van der Waals surface area (Å²) in [6.45, 7) is 2.23. The Morgan fingerprint density at radius 2 is 1.03 bits per heavy atom. The maximum Gasteiger partial charge on any atom is 0.0320 e. The zero-order valence-corrected chi connectivity index (χ0v) is 17.4. The van der Waals surface area contributed by atoms with E-state index < -0.39 is 0 Å². The van der Waals surface area contributed by atoms with E-state index in [1.54, 1.807) is 0 Å². The molecule has 30 heavy (non-hydrogen) atoms. The predicted octanol–water partition coefficient (Wildman–Crippen LogP) is 7.19. The molecule has 0 amide bonds. The maximum atomic E-state index is 6.14. The van der Waals surface area contributed by atoms with E-state index in [2.05, 4.69) is 79.7 Å². The minimum absolute atomic E-state index is 0.780. The number of unbranched alkanes of at least 4 members (excludes halogenated alkanes) is 1. The van der Waals surface area contributed by atoms with Crippen molar-refractivity contribution in [3.05, 3.63) is 96.6 Å². The van der Waals surface area contributed by atoms with Crippen molar-refractivity contribution in [1.82, 2.24) is 0 Å². The average molecular weight is 393 g/mol. The van der Waals surface area contributed by atoms with Gasteiger partial charge in [-0.15, -0.1) is 0 Å². The van der Waals surface area contributed by atoms with Crippen molar-refractivity contribution < 1.29 is 0 Å². The molecule has 0 aliphatic carbocycles.